The van der Waals surface area contributed by atoms with E-state index in [-0.39, 0.29) is 5.91 Å². The van der Waals surface area contributed by atoms with E-state index in [4.69, 9.17) is 5.11 Å². The highest BCUT2D eigenvalue weighted by Gasteiger charge is 2.29. The number of carbonyl (C=O) groups excluding carboxylic acids is 1. The lowest BCUT2D eigenvalue weighted by atomic mass is 10.1. The van der Waals surface area contributed by atoms with E-state index in [9.17, 15) is 9.59 Å². The number of amides is 1. The van der Waals surface area contributed by atoms with Crippen LogP contribution in [-0.4, -0.2) is 23.0 Å². The Labute approximate surface area is 110 Å². The van der Waals surface area contributed by atoms with Crippen molar-refractivity contribution in [2.75, 3.05) is 0 Å². The van der Waals surface area contributed by atoms with Crippen LogP contribution >= 0.6 is 11.3 Å². The van der Waals surface area contributed by atoms with Crippen LogP contribution in [0.5, 0.6) is 0 Å². The SMILES string of the molecule is O=C(CCc1ccsc1)NC(CC1CC1)C(=O)O. The maximum absolute atomic E-state index is 11.7. The van der Waals surface area contributed by atoms with E-state index in [1.807, 2.05) is 16.8 Å². The van der Waals surface area contributed by atoms with Gasteiger partial charge in [-0.05, 0) is 41.1 Å². The molecule has 1 amide bonds. The molecule has 4 nitrogen and oxygen atoms in total. The monoisotopic (exact) mass is 267 g/mol. The molecule has 1 aliphatic rings. The number of carboxylic acid groups (broad SMARTS) is 1. The Hall–Kier alpha value is -1.36. The first kappa shape index (κ1) is 13.1. The maximum atomic E-state index is 11.7. The zero-order chi connectivity index (χ0) is 13.0. The molecular formula is C13H17NO3S. The van der Waals surface area contributed by atoms with Gasteiger partial charge in [-0.3, -0.25) is 4.79 Å². The molecule has 1 unspecified atom stereocenters. The lowest BCUT2D eigenvalue weighted by Gasteiger charge is -2.13. The Bertz CT molecular complexity index is 412. The molecule has 5 heteroatoms. The lowest BCUT2D eigenvalue weighted by Crippen LogP contribution is -2.41. The van der Waals surface area contributed by atoms with E-state index < -0.39 is 12.0 Å². The molecule has 1 aliphatic carbocycles. The summed E-state index contributed by atoms with van der Waals surface area (Å²) >= 11 is 1.60. The van der Waals surface area contributed by atoms with Gasteiger partial charge in [-0.15, -0.1) is 0 Å². The van der Waals surface area contributed by atoms with Crippen molar-refractivity contribution in [1.82, 2.24) is 5.32 Å². The molecule has 2 rings (SSSR count). The Morgan fingerprint density at radius 3 is 2.83 bits per heavy atom. The largest absolute Gasteiger partial charge is 0.480 e. The van der Waals surface area contributed by atoms with E-state index in [0.717, 1.165) is 18.4 Å². The van der Waals surface area contributed by atoms with Crippen LogP contribution in [0.25, 0.3) is 0 Å². The van der Waals surface area contributed by atoms with Crippen molar-refractivity contribution in [2.45, 2.75) is 38.1 Å². The van der Waals surface area contributed by atoms with Crippen molar-refractivity contribution in [3.63, 3.8) is 0 Å². The fourth-order valence-electron chi connectivity index (χ4n) is 1.87. The summed E-state index contributed by atoms with van der Waals surface area (Å²) < 4.78 is 0. The highest BCUT2D eigenvalue weighted by Crippen LogP contribution is 2.33. The van der Waals surface area contributed by atoms with Gasteiger partial charge in [0.05, 0.1) is 0 Å². The van der Waals surface area contributed by atoms with Crippen LogP contribution in [0.4, 0.5) is 0 Å². The minimum Gasteiger partial charge on any atom is -0.480 e. The van der Waals surface area contributed by atoms with Gasteiger partial charge < -0.3 is 10.4 Å². The number of rotatable bonds is 7. The average Bonchev–Trinajstić information content (AvgIpc) is 2.99. The molecule has 18 heavy (non-hydrogen) atoms. The zero-order valence-corrected chi connectivity index (χ0v) is 10.9. The predicted molar refractivity (Wildman–Crippen MR) is 69.5 cm³/mol. The first-order chi connectivity index (χ1) is 8.65. The Morgan fingerprint density at radius 2 is 2.28 bits per heavy atom. The third-order valence-electron chi connectivity index (χ3n) is 3.12. The molecule has 1 heterocycles. The molecule has 1 fully saturated rings. The summed E-state index contributed by atoms with van der Waals surface area (Å²) in [7, 11) is 0. The molecule has 1 atom stereocenters. The number of aliphatic carboxylic acids is 1. The van der Waals surface area contributed by atoms with E-state index in [2.05, 4.69) is 5.32 Å². The van der Waals surface area contributed by atoms with Crippen molar-refractivity contribution < 1.29 is 14.7 Å². The number of thiophene rings is 1. The zero-order valence-electron chi connectivity index (χ0n) is 10.1. The van der Waals surface area contributed by atoms with Gasteiger partial charge in [0.25, 0.3) is 0 Å². The summed E-state index contributed by atoms with van der Waals surface area (Å²) in [4.78, 5) is 22.7. The summed E-state index contributed by atoms with van der Waals surface area (Å²) in [6.07, 6.45) is 3.78. The summed E-state index contributed by atoms with van der Waals surface area (Å²) in [6, 6.07) is 1.27. The van der Waals surface area contributed by atoms with Crippen molar-refractivity contribution in [3.8, 4) is 0 Å². The molecule has 0 radical (unpaired) electrons. The topological polar surface area (TPSA) is 66.4 Å². The minimum atomic E-state index is -0.925. The summed E-state index contributed by atoms with van der Waals surface area (Å²) in [5, 5.41) is 15.6. The molecule has 0 spiro atoms. The summed E-state index contributed by atoms with van der Waals surface area (Å²) in [5.41, 5.74) is 1.13. The van der Waals surface area contributed by atoms with Gasteiger partial charge in [0.2, 0.25) is 5.91 Å². The fraction of sp³-hybridized carbons (Fsp3) is 0.538. The van der Waals surface area contributed by atoms with Gasteiger partial charge >= 0.3 is 5.97 Å². The molecule has 0 bridgehead atoms. The highest BCUT2D eigenvalue weighted by molar-refractivity contribution is 7.07. The first-order valence-corrected chi connectivity index (χ1v) is 7.12. The molecule has 1 aromatic rings. The molecular weight excluding hydrogens is 250 g/mol. The second-order valence-corrected chi connectivity index (χ2v) is 5.55. The quantitative estimate of drug-likeness (QED) is 0.794. The van der Waals surface area contributed by atoms with Crippen LogP contribution in [0.1, 0.15) is 31.2 Å². The average molecular weight is 267 g/mol. The summed E-state index contributed by atoms with van der Waals surface area (Å²) in [6.45, 7) is 0. The first-order valence-electron chi connectivity index (χ1n) is 6.18. The van der Waals surface area contributed by atoms with Crippen molar-refractivity contribution in [3.05, 3.63) is 22.4 Å². The van der Waals surface area contributed by atoms with Crippen LogP contribution in [0.2, 0.25) is 0 Å². The Kier molecular flexibility index (Phi) is 4.36. The third-order valence-corrected chi connectivity index (χ3v) is 3.85. The normalized spacial score (nSPS) is 16.2. The van der Waals surface area contributed by atoms with Gasteiger partial charge in [0.1, 0.15) is 6.04 Å². The molecule has 1 saturated carbocycles. The number of carboxylic acids is 1. The van der Waals surface area contributed by atoms with Gasteiger partial charge in [0, 0.05) is 6.42 Å². The smallest absolute Gasteiger partial charge is 0.326 e. The lowest BCUT2D eigenvalue weighted by molar-refractivity contribution is -0.142. The molecule has 2 N–H and O–H groups in total. The van der Waals surface area contributed by atoms with Crippen LogP contribution in [0.3, 0.4) is 0 Å². The molecule has 0 aliphatic heterocycles. The van der Waals surface area contributed by atoms with Gasteiger partial charge in [0.15, 0.2) is 0 Å². The molecule has 1 aromatic heterocycles. The van der Waals surface area contributed by atoms with E-state index in [0.29, 0.717) is 25.2 Å². The number of aryl methyl sites for hydroxylation is 1. The number of carbonyl (C=O) groups is 2. The van der Waals surface area contributed by atoms with Crippen molar-refractivity contribution in [2.24, 2.45) is 5.92 Å². The van der Waals surface area contributed by atoms with Gasteiger partial charge in [-0.2, -0.15) is 11.3 Å². The van der Waals surface area contributed by atoms with Gasteiger partial charge in [-0.25, -0.2) is 4.79 Å². The van der Waals surface area contributed by atoms with Gasteiger partial charge in [-0.1, -0.05) is 12.8 Å². The minimum absolute atomic E-state index is 0.172. The highest BCUT2D eigenvalue weighted by atomic mass is 32.1. The summed E-state index contributed by atoms with van der Waals surface area (Å²) in [5.74, 6) is -0.608. The predicted octanol–water partition coefficient (Wildman–Crippen LogP) is 2.05. The van der Waals surface area contributed by atoms with Crippen LogP contribution in [0, 0.1) is 5.92 Å². The van der Waals surface area contributed by atoms with Crippen LogP contribution < -0.4 is 5.32 Å². The van der Waals surface area contributed by atoms with Crippen molar-refractivity contribution >= 4 is 23.2 Å². The van der Waals surface area contributed by atoms with Crippen molar-refractivity contribution in [1.29, 1.82) is 0 Å². The second-order valence-electron chi connectivity index (χ2n) is 4.77. The molecule has 0 aromatic carbocycles. The van der Waals surface area contributed by atoms with Crippen LogP contribution in [0.15, 0.2) is 16.8 Å². The third kappa shape index (κ3) is 4.14. The number of nitrogens with one attached hydrogen (secondary N) is 1. The second kappa shape index (κ2) is 6.00. The standard InChI is InChI=1S/C13H17NO3S/c15-12(4-3-10-5-6-18-8-10)14-11(13(16)17)7-9-1-2-9/h5-6,8-9,11H,1-4,7H2,(H,14,15)(H,16,17). The number of hydrogen-bond acceptors (Lipinski definition) is 3. The maximum Gasteiger partial charge on any atom is 0.326 e. The van der Waals surface area contributed by atoms with E-state index in [1.54, 1.807) is 11.3 Å². The Balaban J connectivity index is 1.75. The fourth-order valence-corrected chi connectivity index (χ4v) is 2.57. The van der Waals surface area contributed by atoms with E-state index in [1.165, 1.54) is 0 Å². The van der Waals surface area contributed by atoms with E-state index >= 15 is 0 Å². The molecule has 98 valence electrons. The molecule has 0 saturated heterocycles. The van der Waals surface area contributed by atoms with Crippen LogP contribution in [-0.2, 0) is 16.0 Å². The Morgan fingerprint density at radius 1 is 1.50 bits per heavy atom. The number of hydrogen-bond donors (Lipinski definition) is 2.